The second kappa shape index (κ2) is 8.39. The SMILES string of the molecule is CCN(CC)C(C)CNC(=S)Nc1ccc(F)c(Cl)c1. The fourth-order valence-electron chi connectivity index (χ4n) is 1.97. The highest BCUT2D eigenvalue weighted by atomic mass is 35.5. The van der Waals surface area contributed by atoms with Crippen LogP contribution in [0.5, 0.6) is 0 Å². The van der Waals surface area contributed by atoms with E-state index in [1.165, 1.54) is 12.1 Å². The van der Waals surface area contributed by atoms with Crippen LogP contribution >= 0.6 is 23.8 Å². The first-order valence-corrected chi connectivity index (χ1v) is 7.50. The van der Waals surface area contributed by atoms with Crippen LogP contribution in [-0.4, -0.2) is 35.7 Å². The van der Waals surface area contributed by atoms with Crippen LogP contribution in [0, 0.1) is 5.82 Å². The van der Waals surface area contributed by atoms with E-state index in [1.807, 2.05) is 0 Å². The molecule has 0 heterocycles. The summed E-state index contributed by atoms with van der Waals surface area (Å²) in [5.74, 6) is -0.439. The highest BCUT2D eigenvalue weighted by Gasteiger charge is 2.10. The van der Waals surface area contributed by atoms with Crippen molar-refractivity contribution < 1.29 is 4.39 Å². The minimum absolute atomic E-state index is 0.0781. The number of nitrogens with zero attached hydrogens (tertiary/aromatic N) is 1. The molecule has 0 aliphatic carbocycles. The third kappa shape index (κ3) is 5.23. The van der Waals surface area contributed by atoms with Crippen LogP contribution in [0.4, 0.5) is 10.1 Å². The first-order valence-electron chi connectivity index (χ1n) is 6.71. The molecule has 0 saturated carbocycles. The van der Waals surface area contributed by atoms with Crippen LogP contribution in [0.25, 0.3) is 0 Å². The van der Waals surface area contributed by atoms with E-state index in [0.717, 1.165) is 19.6 Å². The van der Waals surface area contributed by atoms with Gasteiger partial charge in [0.05, 0.1) is 5.02 Å². The molecule has 112 valence electrons. The summed E-state index contributed by atoms with van der Waals surface area (Å²) in [5.41, 5.74) is 0.671. The molecule has 0 spiro atoms. The number of nitrogens with one attached hydrogen (secondary N) is 2. The van der Waals surface area contributed by atoms with Gasteiger partial charge in [0.25, 0.3) is 0 Å². The summed E-state index contributed by atoms with van der Waals surface area (Å²) in [4.78, 5) is 2.34. The van der Waals surface area contributed by atoms with Gasteiger partial charge in [-0.3, -0.25) is 4.90 Å². The third-order valence-corrected chi connectivity index (χ3v) is 3.71. The standard InChI is InChI=1S/C14H21ClFN3S/c1-4-19(5-2)10(3)9-17-14(20)18-11-6-7-13(16)12(15)8-11/h6-8,10H,4-5,9H2,1-3H3,(H2,17,18,20). The summed E-state index contributed by atoms with van der Waals surface area (Å²) in [6.45, 7) is 9.19. The predicted molar refractivity (Wildman–Crippen MR) is 88.0 cm³/mol. The maximum absolute atomic E-state index is 13.0. The van der Waals surface area contributed by atoms with Gasteiger partial charge in [-0.2, -0.15) is 0 Å². The largest absolute Gasteiger partial charge is 0.361 e. The minimum atomic E-state index is -0.439. The van der Waals surface area contributed by atoms with Gasteiger partial charge in [0.2, 0.25) is 0 Å². The fourth-order valence-corrected chi connectivity index (χ4v) is 2.35. The molecule has 20 heavy (non-hydrogen) atoms. The Morgan fingerprint density at radius 2 is 2.05 bits per heavy atom. The number of halogens is 2. The molecule has 1 aromatic carbocycles. The highest BCUT2D eigenvalue weighted by molar-refractivity contribution is 7.80. The predicted octanol–water partition coefficient (Wildman–Crippen LogP) is 3.50. The van der Waals surface area contributed by atoms with E-state index in [2.05, 4.69) is 36.3 Å². The Kier molecular flexibility index (Phi) is 7.19. The fraction of sp³-hybridized carbons (Fsp3) is 0.500. The lowest BCUT2D eigenvalue weighted by molar-refractivity contribution is 0.232. The maximum atomic E-state index is 13.0. The van der Waals surface area contributed by atoms with Crippen molar-refractivity contribution >= 4 is 34.6 Å². The van der Waals surface area contributed by atoms with Gasteiger partial charge in [-0.25, -0.2) is 4.39 Å². The minimum Gasteiger partial charge on any atom is -0.361 e. The first-order chi connectivity index (χ1) is 9.47. The Hall–Kier alpha value is -0.910. The molecule has 1 rings (SSSR count). The van der Waals surface area contributed by atoms with Crippen molar-refractivity contribution in [1.82, 2.24) is 10.2 Å². The Morgan fingerprint density at radius 1 is 1.40 bits per heavy atom. The smallest absolute Gasteiger partial charge is 0.170 e. The van der Waals surface area contributed by atoms with E-state index in [4.69, 9.17) is 23.8 Å². The topological polar surface area (TPSA) is 27.3 Å². The molecule has 6 heteroatoms. The Balaban J connectivity index is 2.45. The van der Waals surface area contributed by atoms with E-state index in [-0.39, 0.29) is 5.02 Å². The number of thiocarbonyl (C=S) groups is 1. The van der Waals surface area contributed by atoms with E-state index >= 15 is 0 Å². The van der Waals surface area contributed by atoms with E-state index < -0.39 is 5.82 Å². The van der Waals surface area contributed by atoms with Crippen molar-refractivity contribution in [3.63, 3.8) is 0 Å². The normalized spacial score (nSPS) is 12.3. The second-order valence-electron chi connectivity index (χ2n) is 4.53. The van der Waals surface area contributed by atoms with Crippen LogP contribution < -0.4 is 10.6 Å². The van der Waals surface area contributed by atoms with Crippen molar-refractivity contribution in [2.45, 2.75) is 26.8 Å². The van der Waals surface area contributed by atoms with Crippen LogP contribution in [-0.2, 0) is 0 Å². The molecule has 0 aromatic heterocycles. The molecule has 1 unspecified atom stereocenters. The molecule has 1 aromatic rings. The molecule has 0 aliphatic rings. The summed E-state index contributed by atoms with van der Waals surface area (Å²) in [7, 11) is 0. The van der Waals surface area contributed by atoms with Crippen molar-refractivity contribution in [3.05, 3.63) is 29.0 Å². The number of hydrogen-bond donors (Lipinski definition) is 2. The zero-order chi connectivity index (χ0) is 15.1. The number of likely N-dealkylation sites (N-methyl/N-ethyl adjacent to an activating group) is 1. The quantitative estimate of drug-likeness (QED) is 0.785. The lowest BCUT2D eigenvalue weighted by atomic mass is 10.3. The number of anilines is 1. The average molecular weight is 318 g/mol. The number of benzene rings is 1. The zero-order valence-electron chi connectivity index (χ0n) is 12.0. The molecule has 1 atom stereocenters. The summed E-state index contributed by atoms with van der Waals surface area (Å²) >= 11 is 10.9. The van der Waals surface area contributed by atoms with Crippen LogP contribution in [0.2, 0.25) is 5.02 Å². The monoisotopic (exact) mass is 317 g/mol. The molecule has 0 amide bonds. The van der Waals surface area contributed by atoms with Crippen LogP contribution in [0.1, 0.15) is 20.8 Å². The highest BCUT2D eigenvalue weighted by Crippen LogP contribution is 2.19. The van der Waals surface area contributed by atoms with Gasteiger partial charge in [-0.15, -0.1) is 0 Å². The summed E-state index contributed by atoms with van der Waals surface area (Å²) in [6, 6.07) is 4.81. The van der Waals surface area contributed by atoms with Crippen molar-refractivity contribution in [1.29, 1.82) is 0 Å². The molecule has 0 aliphatic heterocycles. The Morgan fingerprint density at radius 3 is 2.60 bits per heavy atom. The van der Waals surface area contributed by atoms with Crippen LogP contribution in [0.15, 0.2) is 18.2 Å². The van der Waals surface area contributed by atoms with E-state index in [9.17, 15) is 4.39 Å². The summed E-state index contributed by atoms with van der Waals surface area (Å²) in [5, 5.41) is 6.73. The Bertz CT molecular complexity index is 452. The van der Waals surface area contributed by atoms with Crippen molar-refractivity contribution in [2.75, 3.05) is 25.0 Å². The number of rotatable bonds is 6. The van der Waals surface area contributed by atoms with Crippen LogP contribution in [0.3, 0.4) is 0 Å². The summed E-state index contributed by atoms with van der Waals surface area (Å²) in [6.07, 6.45) is 0. The molecule has 0 saturated heterocycles. The molecule has 0 fully saturated rings. The molecule has 2 N–H and O–H groups in total. The molecule has 0 radical (unpaired) electrons. The van der Waals surface area contributed by atoms with Gasteiger partial charge in [0, 0.05) is 18.3 Å². The third-order valence-electron chi connectivity index (χ3n) is 3.17. The number of hydrogen-bond acceptors (Lipinski definition) is 2. The second-order valence-corrected chi connectivity index (χ2v) is 5.35. The lowest BCUT2D eigenvalue weighted by Crippen LogP contribution is -2.43. The lowest BCUT2D eigenvalue weighted by Gasteiger charge is -2.27. The van der Waals surface area contributed by atoms with E-state index in [1.54, 1.807) is 6.07 Å². The van der Waals surface area contributed by atoms with Gasteiger partial charge >= 0.3 is 0 Å². The Labute approximate surface area is 130 Å². The molecule has 0 bridgehead atoms. The van der Waals surface area contributed by atoms with E-state index in [0.29, 0.717) is 16.8 Å². The molecular weight excluding hydrogens is 297 g/mol. The van der Waals surface area contributed by atoms with Gasteiger partial charge in [0.1, 0.15) is 5.82 Å². The van der Waals surface area contributed by atoms with Gasteiger partial charge < -0.3 is 10.6 Å². The van der Waals surface area contributed by atoms with Gasteiger partial charge in [-0.1, -0.05) is 25.4 Å². The zero-order valence-corrected chi connectivity index (χ0v) is 13.6. The average Bonchev–Trinajstić information content (AvgIpc) is 2.42. The first kappa shape index (κ1) is 17.1. The van der Waals surface area contributed by atoms with Crippen molar-refractivity contribution in [3.8, 4) is 0 Å². The summed E-state index contributed by atoms with van der Waals surface area (Å²) < 4.78 is 13.0. The molecular formula is C14H21ClFN3S. The van der Waals surface area contributed by atoms with Gasteiger partial charge in [-0.05, 0) is 50.4 Å². The van der Waals surface area contributed by atoms with Gasteiger partial charge in [0.15, 0.2) is 5.11 Å². The maximum Gasteiger partial charge on any atom is 0.170 e. The van der Waals surface area contributed by atoms with Crippen molar-refractivity contribution in [2.24, 2.45) is 0 Å². The molecule has 3 nitrogen and oxygen atoms in total.